The topological polar surface area (TPSA) is 81.2 Å². The molecular formula is C18H21N7O. The Hall–Kier alpha value is -2.77. The zero-order valence-electron chi connectivity index (χ0n) is 14.7. The molecule has 0 bridgehead atoms. The van der Waals surface area contributed by atoms with Crippen LogP contribution in [0.1, 0.15) is 49.2 Å². The third kappa shape index (κ3) is 2.65. The lowest BCUT2D eigenvalue weighted by atomic mass is 10.1. The summed E-state index contributed by atoms with van der Waals surface area (Å²) < 4.78 is 3.48. The van der Waals surface area contributed by atoms with Crippen LogP contribution in [0.2, 0.25) is 0 Å². The van der Waals surface area contributed by atoms with Gasteiger partial charge in [0.05, 0.1) is 11.7 Å². The van der Waals surface area contributed by atoms with E-state index in [2.05, 4.69) is 25.3 Å². The second kappa shape index (κ2) is 5.89. The Kier molecular flexibility index (Phi) is 3.51. The van der Waals surface area contributed by atoms with E-state index in [9.17, 15) is 4.79 Å². The van der Waals surface area contributed by atoms with Crippen LogP contribution in [0.4, 0.5) is 5.82 Å². The lowest BCUT2D eigenvalue weighted by Gasteiger charge is -2.33. The van der Waals surface area contributed by atoms with Crippen molar-refractivity contribution in [3.63, 3.8) is 0 Å². The van der Waals surface area contributed by atoms with Crippen LogP contribution in [0.5, 0.6) is 0 Å². The highest BCUT2D eigenvalue weighted by Gasteiger charge is 2.28. The van der Waals surface area contributed by atoms with Crippen molar-refractivity contribution in [2.24, 2.45) is 0 Å². The second-order valence-electron chi connectivity index (χ2n) is 7.24. The smallest absolute Gasteiger partial charge is 0.267 e. The third-order valence-electron chi connectivity index (χ3n) is 5.38. The van der Waals surface area contributed by atoms with Crippen LogP contribution < -0.4 is 10.5 Å². The van der Waals surface area contributed by atoms with Gasteiger partial charge in [-0.05, 0) is 50.8 Å². The summed E-state index contributed by atoms with van der Waals surface area (Å²) in [7, 11) is 0. The Balaban J connectivity index is 1.35. The van der Waals surface area contributed by atoms with E-state index in [0.717, 1.165) is 48.9 Å². The molecule has 0 aromatic carbocycles. The van der Waals surface area contributed by atoms with Gasteiger partial charge in [-0.1, -0.05) is 0 Å². The van der Waals surface area contributed by atoms with Crippen LogP contribution in [0.3, 0.4) is 0 Å². The molecule has 0 N–H and O–H groups in total. The number of aromatic nitrogens is 6. The lowest BCUT2D eigenvalue weighted by Crippen LogP contribution is -2.39. The summed E-state index contributed by atoms with van der Waals surface area (Å²) in [5, 5.41) is 17.4. The average molecular weight is 351 g/mol. The quantitative estimate of drug-likeness (QED) is 0.714. The fraction of sp³-hybridized carbons (Fsp3) is 0.500. The first kappa shape index (κ1) is 15.5. The molecule has 8 nitrogen and oxygen atoms in total. The molecule has 4 heterocycles. The highest BCUT2D eigenvalue weighted by Crippen LogP contribution is 2.38. The van der Waals surface area contributed by atoms with Gasteiger partial charge in [-0.25, -0.2) is 4.68 Å². The molecule has 0 atom stereocenters. The molecule has 0 spiro atoms. The van der Waals surface area contributed by atoms with Gasteiger partial charge in [0.2, 0.25) is 0 Å². The van der Waals surface area contributed by atoms with Crippen LogP contribution in [0.15, 0.2) is 29.1 Å². The largest absolute Gasteiger partial charge is 0.355 e. The Morgan fingerprint density at radius 1 is 0.962 bits per heavy atom. The van der Waals surface area contributed by atoms with E-state index in [4.69, 9.17) is 0 Å². The maximum absolute atomic E-state index is 12.3. The summed E-state index contributed by atoms with van der Waals surface area (Å²) in [6.45, 7) is 3.60. The summed E-state index contributed by atoms with van der Waals surface area (Å²) >= 11 is 0. The summed E-state index contributed by atoms with van der Waals surface area (Å²) in [5.41, 5.74) is 1.84. The number of anilines is 1. The van der Waals surface area contributed by atoms with Crippen molar-refractivity contribution in [2.75, 3.05) is 18.0 Å². The van der Waals surface area contributed by atoms with Crippen molar-refractivity contribution in [3.8, 4) is 0 Å². The molecule has 1 saturated carbocycles. The van der Waals surface area contributed by atoms with Gasteiger partial charge in [-0.3, -0.25) is 4.79 Å². The highest BCUT2D eigenvalue weighted by atomic mass is 16.1. The summed E-state index contributed by atoms with van der Waals surface area (Å²) in [5.74, 6) is 2.26. The summed E-state index contributed by atoms with van der Waals surface area (Å²) in [6.07, 6.45) is 4.17. The van der Waals surface area contributed by atoms with E-state index < -0.39 is 0 Å². The first-order chi connectivity index (χ1) is 12.7. The van der Waals surface area contributed by atoms with Gasteiger partial charge in [0.15, 0.2) is 11.5 Å². The van der Waals surface area contributed by atoms with E-state index in [1.165, 1.54) is 12.8 Å². The lowest BCUT2D eigenvalue weighted by molar-refractivity contribution is 0.349. The number of hydrogen-bond acceptors (Lipinski definition) is 6. The van der Waals surface area contributed by atoms with Crippen LogP contribution in [0.25, 0.3) is 5.65 Å². The molecule has 1 aliphatic heterocycles. The minimum absolute atomic E-state index is 0.00695. The fourth-order valence-corrected chi connectivity index (χ4v) is 3.69. The maximum atomic E-state index is 12.3. The van der Waals surface area contributed by atoms with E-state index in [1.807, 2.05) is 25.1 Å². The Bertz CT molecular complexity index is 1010. The van der Waals surface area contributed by atoms with E-state index in [-0.39, 0.29) is 11.6 Å². The van der Waals surface area contributed by atoms with Crippen molar-refractivity contribution in [3.05, 3.63) is 46.1 Å². The van der Waals surface area contributed by atoms with Crippen molar-refractivity contribution in [1.82, 2.24) is 29.6 Å². The summed E-state index contributed by atoms with van der Waals surface area (Å²) in [4.78, 5) is 14.5. The van der Waals surface area contributed by atoms with Crippen molar-refractivity contribution in [2.45, 2.75) is 44.6 Å². The molecule has 2 aliphatic rings. The fourth-order valence-electron chi connectivity index (χ4n) is 3.69. The Morgan fingerprint density at radius 2 is 1.77 bits per heavy atom. The van der Waals surface area contributed by atoms with E-state index in [0.29, 0.717) is 5.92 Å². The number of hydrogen-bond donors (Lipinski definition) is 0. The van der Waals surface area contributed by atoms with Crippen LogP contribution in [-0.4, -0.2) is 42.7 Å². The molecule has 5 rings (SSSR count). The molecular weight excluding hydrogens is 330 g/mol. The van der Waals surface area contributed by atoms with Gasteiger partial charge >= 0.3 is 0 Å². The predicted octanol–water partition coefficient (Wildman–Crippen LogP) is 1.71. The van der Waals surface area contributed by atoms with Gasteiger partial charge in [0, 0.05) is 25.1 Å². The van der Waals surface area contributed by atoms with Crippen LogP contribution in [0, 0.1) is 6.92 Å². The predicted molar refractivity (Wildman–Crippen MR) is 96.5 cm³/mol. The SMILES string of the molecule is Cc1nnc2ccc(N3CCC(n4nc(C5CC5)ccc4=O)CC3)nn12. The van der Waals surface area contributed by atoms with Gasteiger partial charge < -0.3 is 4.90 Å². The zero-order chi connectivity index (χ0) is 17.7. The monoisotopic (exact) mass is 351 g/mol. The Labute approximate surface area is 150 Å². The standard InChI is InChI=1S/C18H21N7O/c1-12-19-20-16-5-6-17(22-24(12)16)23-10-8-14(9-11-23)25-18(26)7-4-15(21-25)13-2-3-13/h4-7,13-14H,2-3,8-11H2,1H3. The van der Waals surface area contributed by atoms with Gasteiger partial charge in [0.1, 0.15) is 5.82 Å². The molecule has 8 heteroatoms. The van der Waals surface area contributed by atoms with Gasteiger partial charge in [-0.2, -0.15) is 9.61 Å². The van der Waals surface area contributed by atoms with E-state index >= 15 is 0 Å². The Morgan fingerprint density at radius 3 is 2.54 bits per heavy atom. The van der Waals surface area contributed by atoms with Gasteiger partial charge in [0.25, 0.3) is 5.56 Å². The number of piperidine rings is 1. The third-order valence-corrected chi connectivity index (χ3v) is 5.38. The number of rotatable bonds is 3. The molecule has 134 valence electrons. The molecule has 2 fully saturated rings. The van der Waals surface area contributed by atoms with Crippen molar-refractivity contribution < 1.29 is 0 Å². The van der Waals surface area contributed by atoms with E-state index in [1.54, 1.807) is 15.3 Å². The normalized spacial score (nSPS) is 18.6. The molecule has 0 amide bonds. The molecule has 3 aromatic rings. The number of fused-ring (bicyclic) bond motifs is 1. The van der Waals surface area contributed by atoms with Crippen LogP contribution >= 0.6 is 0 Å². The van der Waals surface area contributed by atoms with Gasteiger partial charge in [-0.15, -0.1) is 15.3 Å². The summed E-state index contributed by atoms with van der Waals surface area (Å²) in [6, 6.07) is 7.67. The molecule has 0 unspecified atom stereocenters. The molecule has 26 heavy (non-hydrogen) atoms. The molecule has 3 aromatic heterocycles. The first-order valence-corrected chi connectivity index (χ1v) is 9.23. The minimum atomic E-state index is 0.00695. The van der Waals surface area contributed by atoms with Crippen LogP contribution in [-0.2, 0) is 0 Å². The minimum Gasteiger partial charge on any atom is -0.355 e. The highest BCUT2D eigenvalue weighted by molar-refractivity contribution is 5.46. The molecule has 1 aliphatic carbocycles. The number of nitrogens with zero attached hydrogens (tertiary/aromatic N) is 7. The second-order valence-corrected chi connectivity index (χ2v) is 7.24. The molecule has 1 saturated heterocycles. The van der Waals surface area contributed by atoms with Crippen molar-refractivity contribution >= 4 is 11.5 Å². The molecule has 0 radical (unpaired) electrons. The average Bonchev–Trinajstić information content (AvgIpc) is 3.46. The van der Waals surface area contributed by atoms with Crippen molar-refractivity contribution in [1.29, 1.82) is 0 Å². The zero-order valence-corrected chi connectivity index (χ0v) is 14.7. The number of aryl methyl sites for hydroxylation is 1. The first-order valence-electron chi connectivity index (χ1n) is 9.23. The maximum Gasteiger partial charge on any atom is 0.267 e.